The standard InChI is InChI=1S/C11H14N4S/c1-10-3-4-11(7-13-10)8-15-5-2-6-16(15)14-9-12/h3-4,7H,2,5-6,8H2,1H3. The molecule has 0 spiro atoms. The molecule has 1 aromatic rings. The summed E-state index contributed by atoms with van der Waals surface area (Å²) in [6.45, 7) is 3.86. The van der Waals surface area contributed by atoms with Gasteiger partial charge in [-0.25, -0.2) is 4.31 Å². The normalized spacial score (nSPS) is 21.1. The van der Waals surface area contributed by atoms with Crippen LogP contribution in [0, 0.1) is 18.4 Å². The Morgan fingerprint density at radius 2 is 2.50 bits per heavy atom. The summed E-state index contributed by atoms with van der Waals surface area (Å²) in [5.74, 6) is 1.02. The second-order valence-electron chi connectivity index (χ2n) is 3.76. The van der Waals surface area contributed by atoms with E-state index in [1.54, 1.807) is 0 Å². The quantitative estimate of drug-likeness (QED) is 0.733. The fourth-order valence-electron chi connectivity index (χ4n) is 1.70. The average molecular weight is 234 g/mol. The van der Waals surface area contributed by atoms with E-state index in [9.17, 15) is 0 Å². The molecule has 0 N–H and O–H groups in total. The van der Waals surface area contributed by atoms with Crippen LogP contribution in [0.3, 0.4) is 0 Å². The Morgan fingerprint density at radius 3 is 3.19 bits per heavy atom. The van der Waals surface area contributed by atoms with Crippen LogP contribution in [0.4, 0.5) is 0 Å². The summed E-state index contributed by atoms with van der Waals surface area (Å²) >= 11 is 0. The Bertz CT molecular complexity index is 432. The van der Waals surface area contributed by atoms with Crippen molar-refractivity contribution in [2.75, 3.05) is 12.3 Å². The van der Waals surface area contributed by atoms with Crippen molar-refractivity contribution < 1.29 is 0 Å². The summed E-state index contributed by atoms with van der Waals surface area (Å²) in [4.78, 5) is 4.27. The number of hydrogen-bond acceptors (Lipinski definition) is 3. The first kappa shape index (κ1) is 11.2. The summed E-state index contributed by atoms with van der Waals surface area (Å²) in [6, 6.07) is 4.11. The molecule has 0 saturated carbocycles. The third kappa shape index (κ3) is 2.65. The number of rotatable bonds is 2. The SMILES string of the molecule is Cc1ccc(CN2CCC/S2=N\C#N)cn1. The number of aromatic nitrogens is 1. The van der Waals surface area contributed by atoms with Gasteiger partial charge < -0.3 is 0 Å². The van der Waals surface area contributed by atoms with Crippen molar-refractivity contribution in [3.05, 3.63) is 29.6 Å². The lowest BCUT2D eigenvalue weighted by atomic mass is 10.2. The van der Waals surface area contributed by atoms with Crippen LogP contribution in [0.25, 0.3) is 0 Å². The fraction of sp³-hybridized carbons (Fsp3) is 0.455. The smallest absolute Gasteiger partial charge is 0.213 e. The maximum absolute atomic E-state index is 8.60. The topological polar surface area (TPSA) is 52.3 Å². The van der Waals surface area contributed by atoms with Gasteiger partial charge in [0.15, 0.2) is 0 Å². The van der Waals surface area contributed by atoms with Crippen LogP contribution >= 0.6 is 0 Å². The summed E-state index contributed by atoms with van der Waals surface area (Å²) in [5, 5.41) is 8.60. The molecule has 0 bridgehead atoms. The Labute approximate surface area is 98.1 Å². The van der Waals surface area contributed by atoms with Crippen LogP contribution in [0.15, 0.2) is 22.7 Å². The van der Waals surface area contributed by atoms with Gasteiger partial charge in [-0.1, -0.05) is 6.07 Å². The largest absolute Gasteiger partial charge is 0.261 e. The van der Waals surface area contributed by atoms with E-state index in [-0.39, 0.29) is 10.9 Å². The summed E-state index contributed by atoms with van der Waals surface area (Å²) < 4.78 is 6.22. The molecule has 0 radical (unpaired) electrons. The van der Waals surface area contributed by atoms with Crippen molar-refractivity contribution in [2.24, 2.45) is 4.36 Å². The van der Waals surface area contributed by atoms with Crippen molar-refractivity contribution in [2.45, 2.75) is 19.9 Å². The monoisotopic (exact) mass is 234 g/mol. The minimum Gasteiger partial charge on any atom is -0.261 e. The first-order valence-corrected chi connectivity index (χ1v) is 6.58. The van der Waals surface area contributed by atoms with Crippen LogP contribution in [0.2, 0.25) is 0 Å². The molecule has 1 unspecified atom stereocenters. The molecule has 5 heteroatoms. The molecule has 1 atom stereocenters. The molecule has 4 nitrogen and oxygen atoms in total. The van der Waals surface area contributed by atoms with E-state index < -0.39 is 0 Å². The van der Waals surface area contributed by atoms with Gasteiger partial charge in [0.2, 0.25) is 6.19 Å². The summed E-state index contributed by atoms with van der Waals surface area (Å²) in [7, 11) is -0.202. The minimum atomic E-state index is -0.202. The zero-order valence-corrected chi connectivity index (χ0v) is 10.1. The van der Waals surface area contributed by atoms with Gasteiger partial charge in [0, 0.05) is 30.7 Å². The average Bonchev–Trinajstić information content (AvgIpc) is 2.70. The Balaban J connectivity index is 2.07. The highest BCUT2D eigenvalue weighted by atomic mass is 32.2. The highest BCUT2D eigenvalue weighted by Gasteiger charge is 2.18. The maximum atomic E-state index is 8.60. The molecule has 2 heterocycles. The van der Waals surface area contributed by atoms with Gasteiger partial charge in [-0.15, -0.1) is 4.36 Å². The van der Waals surface area contributed by atoms with E-state index >= 15 is 0 Å². The Kier molecular flexibility index (Phi) is 3.65. The molecular weight excluding hydrogens is 220 g/mol. The van der Waals surface area contributed by atoms with E-state index in [1.807, 2.05) is 25.4 Å². The van der Waals surface area contributed by atoms with Crippen molar-refractivity contribution in [1.82, 2.24) is 9.29 Å². The molecular formula is C11H14N4S. The minimum absolute atomic E-state index is 0.202. The van der Waals surface area contributed by atoms with Crippen molar-refractivity contribution in [1.29, 1.82) is 5.26 Å². The highest BCUT2D eigenvalue weighted by Crippen LogP contribution is 2.15. The molecule has 1 aliphatic heterocycles. The van der Waals surface area contributed by atoms with E-state index in [2.05, 4.69) is 19.7 Å². The number of aryl methyl sites for hydroxylation is 1. The lowest BCUT2D eigenvalue weighted by Gasteiger charge is -2.15. The van der Waals surface area contributed by atoms with Crippen LogP contribution in [-0.4, -0.2) is 21.6 Å². The first-order chi connectivity index (χ1) is 7.79. The van der Waals surface area contributed by atoms with Crippen molar-refractivity contribution in [3.63, 3.8) is 0 Å². The van der Waals surface area contributed by atoms with Gasteiger partial charge in [0.1, 0.15) is 0 Å². The molecule has 1 fully saturated rings. The molecule has 1 saturated heterocycles. The second-order valence-corrected chi connectivity index (χ2v) is 5.55. The molecule has 84 valence electrons. The zero-order chi connectivity index (χ0) is 11.4. The molecule has 2 rings (SSSR count). The van der Waals surface area contributed by atoms with Gasteiger partial charge in [-0.05, 0) is 35.9 Å². The van der Waals surface area contributed by atoms with Gasteiger partial charge >= 0.3 is 0 Å². The molecule has 0 aliphatic carbocycles. The summed E-state index contributed by atoms with van der Waals surface area (Å²) in [5.41, 5.74) is 2.23. The maximum Gasteiger partial charge on any atom is 0.213 e. The van der Waals surface area contributed by atoms with Crippen LogP contribution < -0.4 is 0 Å². The predicted molar refractivity (Wildman–Crippen MR) is 64.3 cm³/mol. The molecule has 16 heavy (non-hydrogen) atoms. The summed E-state index contributed by atoms with van der Waals surface area (Å²) in [6.07, 6.45) is 4.95. The molecule has 1 aliphatic rings. The fourth-order valence-corrected chi connectivity index (χ4v) is 3.29. The third-order valence-corrected chi connectivity index (χ3v) is 4.36. The lowest BCUT2D eigenvalue weighted by Crippen LogP contribution is -2.19. The van der Waals surface area contributed by atoms with Crippen LogP contribution in [-0.2, 0) is 17.4 Å². The van der Waals surface area contributed by atoms with Gasteiger partial charge in [0.05, 0.1) is 0 Å². The molecule has 1 aromatic heterocycles. The zero-order valence-electron chi connectivity index (χ0n) is 9.26. The number of pyridine rings is 1. The molecule has 0 aromatic carbocycles. The Hall–Kier alpha value is -1.25. The molecule has 0 amide bonds. The van der Waals surface area contributed by atoms with Crippen LogP contribution in [0.1, 0.15) is 17.7 Å². The number of nitrogens with zero attached hydrogens (tertiary/aromatic N) is 4. The van der Waals surface area contributed by atoms with E-state index in [4.69, 9.17) is 5.26 Å². The number of hydrogen-bond donors (Lipinski definition) is 0. The second kappa shape index (κ2) is 5.19. The van der Waals surface area contributed by atoms with Crippen molar-refractivity contribution in [3.8, 4) is 6.19 Å². The van der Waals surface area contributed by atoms with Gasteiger partial charge in [0.25, 0.3) is 0 Å². The van der Waals surface area contributed by atoms with Gasteiger partial charge in [-0.3, -0.25) is 4.98 Å². The highest BCUT2D eigenvalue weighted by molar-refractivity contribution is 7.85. The first-order valence-electron chi connectivity index (χ1n) is 5.27. The number of nitriles is 1. The lowest BCUT2D eigenvalue weighted by molar-refractivity contribution is 0.487. The Morgan fingerprint density at radius 1 is 1.62 bits per heavy atom. The van der Waals surface area contributed by atoms with E-state index in [1.165, 1.54) is 5.56 Å². The van der Waals surface area contributed by atoms with Gasteiger partial charge in [-0.2, -0.15) is 5.26 Å². The van der Waals surface area contributed by atoms with E-state index in [0.717, 1.165) is 31.0 Å². The third-order valence-electron chi connectivity index (χ3n) is 2.51. The predicted octanol–water partition coefficient (Wildman–Crippen LogP) is 1.79. The van der Waals surface area contributed by atoms with Crippen LogP contribution in [0.5, 0.6) is 0 Å². The van der Waals surface area contributed by atoms with Crippen molar-refractivity contribution >= 4 is 10.9 Å². The van der Waals surface area contributed by atoms with E-state index in [0.29, 0.717) is 0 Å².